The number of aromatic nitrogens is 1. The van der Waals surface area contributed by atoms with E-state index in [9.17, 15) is 27.6 Å². The number of urea groups is 1. The van der Waals surface area contributed by atoms with Crippen molar-refractivity contribution in [2.24, 2.45) is 0 Å². The van der Waals surface area contributed by atoms with E-state index in [0.29, 0.717) is 23.6 Å². The lowest BCUT2D eigenvalue weighted by Gasteiger charge is -2.10. The van der Waals surface area contributed by atoms with E-state index in [4.69, 9.17) is 16.3 Å². The van der Waals surface area contributed by atoms with E-state index < -0.39 is 41.3 Å². The van der Waals surface area contributed by atoms with Crippen LogP contribution >= 0.6 is 11.6 Å². The highest BCUT2D eigenvalue weighted by molar-refractivity contribution is 6.33. The van der Waals surface area contributed by atoms with Crippen LogP contribution in [0.3, 0.4) is 0 Å². The summed E-state index contributed by atoms with van der Waals surface area (Å²) < 4.78 is 42.8. The van der Waals surface area contributed by atoms with Gasteiger partial charge < -0.3 is 20.7 Å². The van der Waals surface area contributed by atoms with Gasteiger partial charge in [-0.15, -0.1) is 0 Å². The van der Waals surface area contributed by atoms with Crippen molar-refractivity contribution in [3.63, 3.8) is 0 Å². The maximum absolute atomic E-state index is 12.6. The Bertz CT molecular complexity index is 1190. The predicted molar refractivity (Wildman–Crippen MR) is 119 cm³/mol. The molecule has 3 aromatic rings. The van der Waals surface area contributed by atoms with Gasteiger partial charge in [0.15, 0.2) is 12.4 Å². The Labute approximate surface area is 196 Å². The first-order valence-electron chi connectivity index (χ1n) is 9.54. The minimum atomic E-state index is -4.63. The fourth-order valence-electron chi connectivity index (χ4n) is 2.57. The number of hydrogen-bond acceptors (Lipinski definition) is 5. The lowest BCUT2D eigenvalue weighted by molar-refractivity contribution is -0.137. The molecule has 0 atom stereocenters. The highest BCUT2D eigenvalue weighted by Gasteiger charge is 2.31. The Morgan fingerprint density at radius 2 is 1.53 bits per heavy atom. The van der Waals surface area contributed by atoms with Gasteiger partial charge >= 0.3 is 18.2 Å². The molecule has 0 aliphatic carbocycles. The highest BCUT2D eigenvalue weighted by atomic mass is 35.5. The lowest BCUT2D eigenvalue weighted by Crippen LogP contribution is -2.22. The summed E-state index contributed by atoms with van der Waals surface area (Å²) in [6, 6.07) is 14.6. The molecule has 0 bridgehead atoms. The summed E-state index contributed by atoms with van der Waals surface area (Å²) in [5.74, 6) is -1.99. The van der Waals surface area contributed by atoms with Gasteiger partial charge in [0.25, 0.3) is 5.91 Å². The molecule has 0 spiro atoms. The summed E-state index contributed by atoms with van der Waals surface area (Å²) >= 11 is 5.71. The van der Waals surface area contributed by atoms with Crippen molar-refractivity contribution in [1.29, 1.82) is 0 Å². The molecule has 34 heavy (non-hydrogen) atoms. The molecule has 0 saturated heterocycles. The zero-order valence-electron chi connectivity index (χ0n) is 17.2. The van der Waals surface area contributed by atoms with Gasteiger partial charge in [-0.2, -0.15) is 13.2 Å². The number of halogens is 4. The number of nitrogens with one attached hydrogen (secondary N) is 3. The van der Waals surface area contributed by atoms with Crippen LogP contribution in [0.5, 0.6) is 0 Å². The predicted octanol–water partition coefficient (Wildman–Crippen LogP) is 5.19. The topological polar surface area (TPSA) is 109 Å². The fourth-order valence-corrected chi connectivity index (χ4v) is 2.79. The molecular weight excluding hydrogens is 477 g/mol. The van der Waals surface area contributed by atoms with E-state index in [0.717, 1.165) is 0 Å². The van der Waals surface area contributed by atoms with Crippen molar-refractivity contribution in [2.45, 2.75) is 6.18 Å². The zero-order chi connectivity index (χ0) is 24.7. The summed E-state index contributed by atoms with van der Waals surface area (Å²) in [4.78, 5) is 39.5. The van der Waals surface area contributed by atoms with Gasteiger partial charge in [-0.3, -0.25) is 4.79 Å². The van der Waals surface area contributed by atoms with Crippen LogP contribution in [0.1, 0.15) is 15.9 Å². The standard InChI is InChI=1S/C22H16ClF3N4O4/c23-17-10-14(22(24,25)26)11-27-19(17)30-18(31)12-34-20(32)13-6-8-16(9-7-13)29-21(33)28-15-4-2-1-3-5-15/h1-11H,12H2,(H,27,30,31)(H2,28,29,33). The third kappa shape index (κ3) is 6.94. The first kappa shape index (κ1) is 24.5. The number of esters is 1. The lowest BCUT2D eigenvalue weighted by atomic mass is 10.2. The Balaban J connectivity index is 1.49. The molecule has 3 N–H and O–H groups in total. The average molecular weight is 493 g/mol. The second-order valence-electron chi connectivity index (χ2n) is 6.70. The molecule has 0 aliphatic heterocycles. The molecule has 1 heterocycles. The van der Waals surface area contributed by atoms with Crippen molar-refractivity contribution in [3.8, 4) is 0 Å². The summed E-state index contributed by atoms with van der Waals surface area (Å²) in [5, 5.41) is 6.98. The zero-order valence-corrected chi connectivity index (χ0v) is 17.9. The number of nitrogens with zero attached hydrogens (tertiary/aromatic N) is 1. The molecule has 3 rings (SSSR count). The van der Waals surface area contributed by atoms with E-state index >= 15 is 0 Å². The first-order valence-corrected chi connectivity index (χ1v) is 9.92. The summed E-state index contributed by atoms with van der Waals surface area (Å²) in [6.45, 7) is -0.725. The van der Waals surface area contributed by atoms with E-state index in [2.05, 4.69) is 20.9 Å². The smallest absolute Gasteiger partial charge is 0.417 e. The normalized spacial score (nSPS) is 10.8. The van der Waals surface area contributed by atoms with Crippen LogP contribution in [0.25, 0.3) is 0 Å². The molecule has 0 saturated carbocycles. The maximum Gasteiger partial charge on any atom is 0.417 e. The second kappa shape index (κ2) is 10.7. The van der Waals surface area contributed by atoms with Crippen molar-refractivity contribution < 1.29 is 32.3 Å². The largest absolute Gasteiger partial charge is 0.452 e. The minimum absolute atomic E-state index is 0.104. The van der Waals surface area contributed by atoms with Crippen LogP contribution < -0.4 is 16.0 Å². The molecule has 1 aromatic heterocycles. The Morgan fingerprint density at radius 3 is 2.12 bits per heavy atom. The summed E-state index contributed by atoms with van der Waals surface area (Å²) in [7, 11) is 0. The van der Waals surface area contributed by atoms with E-state index in [-0.39, 0.29) is 11.4 Å². The molecule has 176 valence electrons. The summed E-state index contributed by atoms with van der Waals surface area (Å²) in [6.07, 6.45) is -4.12. The third-order valence-corrected chi connectivity index (χ3v) is 4.46. The number of anilines is 3. The number of alkyl halides is 3. The van der Waals surface area contributed by atoms with Gasteiger partial charge in [-0.05, 0) is 42.5 Å². The number of amides is 3. The van der Waals surface area contributed by atoms with Gasteiger partial charge in [0.2, 0.25) is 0 Å². The van der Waals surface area contributed by atoms with Crippen LogP contribution in [0, 0.1) is 0 Å². The molecular formula is C22H16ClF3N4O4. The van der Waals surface area contributed by atoms with Crippen LogP contribution in [-0.4, -0.2) is 29.5 Å². The van der Waals surface area contributed by atoms with Crippen molar-refractivity contribution >= 4 is 46.7 Å². The number of ether oxygens (including phenoxy) is 1. The van der Waals surface area contributed by atoms with Crippen molar-refractivity contribution in [3.05, 3.63) is 83.0 Å². The Morgan fingerprint density at radius 1 is 0.912 bits per heavy atom. The number of carbonyl (C=O) groups is 3. The molecule has 0 unspecified atom stereocenters. The van der Waals surface area contributed by atoms with E-state index in [1.54, 1.807) is 24.3 Å². The summed E-state index contributed by atoms with van der Waals surface area (Å²) in [5.41, 5.74) is 0.0434. The van der Waals surface area contributed by atoms with E-state index in [1.165, 1.54) is 24.3 Å². The number of para-hydroxylation sites is 1. The van der Waals surface area contributed by atoms with Crippen LogP contribution in [0.2, 0.25) is 5.02 Å². The third-order valence-electron chi connectivity index (χ3n) is 4.17. The van der Waals surface area contributed by atoms with Crippen molar-refractivity contribution in [2.75, 3.05) is 22.6 Å². The molecule has 2 aromatic carbocycles. The van der Waals surface area contributed by atoms with Crippen LogP contribution in [0.4, 0.5) is 35.2 Å². The van der Waals surface area contributed by atoms with Gasteiger partial charge in [0.1, 0.15) is 0 Å². The number of rotatable bonds is 6. The number of carbonyl (C=O) groups excluding carboxylic acids is 3. The molecule has 3 amide bonds. The molecule has 0 radical (unpaired) electrons. The minimum Gasteiger partial charge on any atom is -0.452 e. The van der Waals surface area contributed by atoms with E-state index in [1.807, 2.05) is 6.07 Å². The maximum atomic E-state index is 12.6. The van der Waals surface area contributed by atoms with Gasteiger partial charge in [0.05, 0.1) is 16.1 Å². The quantitative estimate of drug-likeness (QED) is 0.410. The average Bonchev–Trinajstić information content (AvgIpc) is 2.79. The van der Waals surface area contributed by atoms with Gasteiger partial charge in [-0.1, -0.05) is 29.8 Å². The highest BCUT2D eigenvalue weighted by Crippen LogP contribution is 2.32. The molecule has 12 heteroatoms. The number of benzene rings is 2. The molecule has 8 nitrogen and oxygen atoms in total. The first-order chi connectivity index (χ1) is 16.1. The Hall–Kier alpha value is -4.12. The van der Waals surface area contributed by atoms with Crippen LogP contribution in [-0.2, 0) is 15.7 Å². The van der Waals surface area contributed by atoms with Crippen LogP contribution in [0.15, 0.2) is 66.9 Å². The van der Waals surface area contributed by atoms with Crippen molar-refractivity contribution in [1.82, 2.24) is 4.98 Å². The monoisotopic (exact) mass is 492 g/mol. The van der Waals surface area contributed by atoms with Gasteiger partial charge in [0, 0.05) is 17.6 Å². The second-order valence-corrected chi connectivity index (χ2v) is 7.11. The van der Waals surface area contributed by atoms with Gasteiger partial charge in [-0.25, -0.2) is 14.6 Å². The molecule has 0 fully saturated rings. The fraction of sp³-hybridized carbons (Fsp3) is 0.0909. The Kier molecular flexibility index (Phi) is 7.69. The number of pyridine rings is 1. The SMILES string of the molecule is O=C(COC(=O)c1ccc(NC(=O)Nc2ccccc2)cc1)Nc1ncc(C(F)(F)F)cc1Cl. The molecule has 0 aliphatic rings. The number of hydrogen-bond donors (Lipinski definition) is 3.